The first-order valence-electron chi connectivity index (χ1n) is 5.47. The lowest BCUT2D eigenvalue weighted by Crippen LogP contribution is -2.33. The van der Waals surface area contributed by atoms with Crippen molar-refractivity contribution in [3.8, 4) is 0 Å². The minimum absolute atomic E-state index is 0.139. The molecule has 114 valence electrons. The molecule has 1 heterocycles. The summed E-state index contributed by atoms with van der Waals surface area (Å²) < 4.78 is 5.13. The van der Waals surface area contributed by atoms with E-state index in [0.717, 1.165) is 11.8 Å². The van der Waals surface area contributed by atoms with Crippen LogP contribution in [0.25, 0.3) is 0 Å². The molecule has 0 radical (unpaired) electrons. The van der Waals surface area contributed by atoms with Gasteiger partial charge in [0.25, 0.3) is 0 Å². The van der Waals surface area contributed by atoms with Crippen LogP contribution in [0.4, 0.5) is 11.5 Å². The van der Waals surface area contributed by atoms with Crippen molar-refractivity contribution in [3.05, 3.63) is 25.9 Å². The maximum absolute atomic E-state index is 11.5. The zero-order chi connectivity index (χ0) is 16.2. The third-order valence-corrected chi connectivity index (χ3v) is 2.46. The number of hydrogen-bond acceptors (Lipinski definition) is 8. The number of nitrogens with zero attached hydrogens (tertiary/aromatic N) is 4. The molecule has 1 aromatic heterocycles. The van der Waals surface area contributed by atoms with Gasteiger partial charge in [-0.15, -0.1) is 0 Å². The number of methoxy groups -OCH3 is 1. The van der Waals surface area contributed by atoms with Crippen molar-refractivity contribution < 1.29 is 24.2 Å². The smallest absolute Gasteiger partial charge is 0.468 e. The summed E-state index contributed by atoms with van der Waals surface area (Å²) in [5.74, 6) is -2.33. The largest absolute Gasteiger partial charge is 0.468 e. The van der Waals surface area contributed by atoms with E-state index in [1.165, 1.54) is 6.92 Å². The molecule has 1 rings (SSSR count). The first-order chi connectivity index (χ1) is 9.77. The van der Waals surface area contributed by atoms with Gasteiger partial charge in [0, 0.05) is 0 Å². The van der Waals surface area contributed by atoms with Crippen molar-refractivity contribution in [2.45, 2.75) is 13.5 Å². The number of amides is 1. The van der Waals surface area contributed by atoms with Crippen LogP contribution in [0.5, 0.6) is 0 Å². The van der Waals surface area contributed by atoms with E-state index in [1.54, 1.807) is 0 Å². The zero-order valence-corrected chi connectivity index (χ0v) is 11.1. The quantitative estimate of drug-likeness (QED) is 0.410. The molecule has 21 heavy (non-hydrogen) atoms. The number of nitro groups is 2. The van der Waals surface area contributed by atoms with E-state index < -0.39 is 39.8 Å². The van der Waals surface area contributed by atoms with Crippen LogP contribution >= 0.6 is 0 Å². The number of hydrogen-bond donors (Lipinski definition) is 1. The highest BCUT2D eigenvalue weighted by atomic mass is 16.6. The molecule has 1 amide bonds. The van der Waals surface area contributed by atoms with E-state index in [9.17, 15) is 29.8 Å². The molecule has 1 aromatic rings. The highest BCUT2D eigenvalue weighted by molar-refractivity contribution is 5.81. The number of aromatic nitrogens is 2. The number of esters is 1. The van der Waals surface area contributed by atoms with Gasteiger partial charge in [0.15, 0.2) is 0 Å². The van der Waals surface area contributed by atoms with Crippen LogP contribution in [-0.4, -0.2) is 45.2 Å². The van der Waals surface area contributed by atoms with Crippen LogP contribution in [0.2, 0.25) is 0 Å². The fourth-order valence-electron chi connectivity index (χ4n) is 1.45. The van der Waals surface area contributed by atoms with Crippen LogP contribution < -0.4 is 5.32 Å². The summed E-state index contributed by atoms with van der Waals surface area (Å²) in [6.07, 6.45) is 0. The molecule has 12 nitrogen and oxygen atoms in total. The average molecular weight is 301 g/mol. The summed E-state index contributed by atoms with van der Waals surface area (Å²) in [6, 6.07) is 0. The molecule has 0 aliphatic carbocycles. The molecule has 0 spiro atoms. The first-order valence-corrected chi connectivity index (χ1v) is 5.47. The van der Waals surface area contributed by atoms with Gasteiger partial charge in [0.1, 0.15) is 18.8 Å². The standard InChI is InChI=1S/C9H11N5O7/c1-5-8(13(17)18)9(14(19)20)11-12(5)4-6(15)10-3-7(16)21-2/h3-4H2,1-2H3,(H,10,15). The third kappa shape index (κ3) is 3.71. The van der Waals surface area contributed by atoms with Gasteiger partial charge in [-0.25, -0.2) is 0 Å². The minimum Gasteiger partial charge on any atom is -0.468 e. The number of rotatable bonds is 6. The van der Waals surface area contributed by atoms with Crippen LogP contribution in [-0.2, 0) is 20.9 Å². The Labute approximate surface area is 117 Å². The van der Waals surface area contributed by atoms with Crippen molar-refractivity contribution in [2.75, 3.05) is 13.7 Å². The Morgan fingerprint density at radius 2 is 1.95 bits per heavy atom. The SMILES string of the molecule is COC(=O)CNC(=O)Cn1nc([N+](=O)[O-])c([N+](=O)[O-])c1C. The summed E-state index contributed by atoms with van der Waals surface area (Å²) in [7, 11) is 1.14. The predicted molar refractivity (Wildman–Crippen MR) is 65.3 cm³/mol. The summed E-state index contributed by atoms with van der Waals surface area (Å²) in [5.41, 5.74) is -0.916. The normalized spacial score (nSPS) is 10.0. The van der Waals surface area contributed by atoms with Crippen LogP contribution in [0.1, 0.15) is 5.69 Å². The molecular weight excluding hydrogens is 290 g/mol. The van der Waals surface area contributed by atoms with Gasteiger partial charge in [-0.2, -0.15) is 4.68 Å². The highest BCUT2D eigenvalue weighted by Gasteiger charge is 2.35. The Kier molecular flexibility index (Phi) is 4.88. The summed E-state index contributed by atoms with van der Waals surface area (Å²) >= 11 is 0. The van der Waals surface area contributed by atoms with Crippen LogP contribution in [0, 0.1) is 27.2 Å². The molecule has 0 atom stereocenters. The Balaban J connectivity index is 2.92. The maximum atomic E-state index is 11.5. The van der Waals surface area contributed by atoms with Crippen molar-refractivity contribution in [1.29, 1.82) is 0 Å². The molecule has 0 saturated carbocycles. The molecule has 0 aliphatic rings. The van der Waals surface area contributed by atoms with Gasteiger partial charge in [-0.05, 0) is 11.8 Å². The van der Waals surface area contributed by atoms with Gasteiger partial charge in [-0.3, -0.25) is 19.7 Å². The van der Waals surface area contributed by atoms with E-state index in [0.29, 0.717) is 0 Å². The molecule has 0 bridgehead atoms. The second kappa shape index (κ2) is 6.40. The number of ether oxygens (including phenoxy) is 1. The second-order valence-corrected chi connectivity index (χ2v) is 3.78. The third-order valence-electron chi connectivity index (χ3n) is 2.46. The Morgan fingerprint density at radius 3 is 2.38 bits per heavy atom. The van der Waals surface area contributed by atoms with Crippen molar-refractivity contribution in [1.82, 2.24) is 15.1 Å². The molecule has 0 unspecified atom stereocenters. The van der Waals surface area contributed by atoms with Gasteiger partial charge in [0.05, 0.1) is 17.1 Å². The topological polar surface area (TPSA) is 160 Å². The second-order valence-electron chi connectivity index (χ2n) is 3.78. The van der Waals surface area contributed by atoms with Gasteiger partial charge >= 0.3 is 17.5 Å². The Bertz CT molecular complexity index is 608. The van der Waals surface area contributed by atoms with E-state index in [1.807, 2.05) is 0 Å². The molecule has 0 saturated heterocycles. The van der Waals surface area contributed by atoms with Gasteiger partial charge in [0.2, 0.25) is 5.91 Å². The summed E-state index contributed by atoms with van der Waals surface area (Å²) in [5, 5.41) is 27.1. The first kappa shape index (κ1) is 16.0. The van der Waals surface area contributed by atoms with Crippen molar-refractivity contribution in [3.63, 3.8) is 0 Å². The highest BCUT2D eigenvalue weighted by Crippen LogP contribution is 2.28. The average Bonchev–Trinajstić information content (AvgIpc) is 2.73. The van der Waals surface area contributed by atoms with Crippen LogP contribution in [0.3, 0.4) is 0 Å². The van der Waals surface area contributed by atoms with Gasteiger partial charge < -0.3 is 20.2 Å². The maximum Gasteiger partial charge on any atom is 0.468 e. The molecule has 12 heteroatoms. The lowest BCUT2D eigenvalue weighted by atomic mass is 10.4. The van der Waals surface area contributed by atoms with Gasteiger partial charge in [-0.1, -0.05) is 0 Å². The number of carbonyl (C=O) groups is 2. The zero-order valence-electron chi connectivity index (χ0n) is 11.1. The van der Waals surface area contributed by atoms with Crippen molar-refractivity contribution in [2.24, 2.45) is 0 Å². The van der Waals surface area contributed by atoms with Crippen LogP contribution in [0.15, 0.2) is 0 Å². The lowest BCUT2D eigenvalue weighted by molar-refractivity contribution is -0.424. The van der Waals surface area contributed by atoms with Crippen molar-refractivity contribution >= 4 is 23.4 Å². The Hall–Kier alpha value is -3.05. The van der Waals surface area contributed by atoms with E-state index in [4.69, 9.17) is 0 Å². The number of nitrogens with one attached hydrogen (secondary N) is 1. The minimum atomic E-state index is -1.01. The van der Waals surface area contributed by atoms with E-state index in [2.05, 4.69) is 15.2 Å². The number of carbonyl (C=O) groups excluding carboxylic acids is 2. The fourth-order valence-corrected chi connectivity index (χ4v) is 1.45. The molecule has 0 aliphatic heterocycles. The summed E-state index contributed by atoms with van der Waals surface area (Å²) in [4.78, 5) is 41.9. The Morgan fingerprint density at radius 1 is 1.33 bits per heavy atom. The fraction of sp³-hybridized carbons (Fsp3) is 0.444. The lowest BCUT2D eigenvalue weighted by Gasteiger charge is -2.02. The predicted octanol–water partition coefficient (Wildman–Crippen LogP) is -0.703. The molecular formula is C9H11N5O7. The monoisotopic (exact) mass is 301 g/mol. The molecule has 1 N–H and O–H groups in total. The molecule has 0 fully saturated rings. The summed E-state index contributed by atoms with van der Waals surface area (Å²) in [6.45, 7) is 0.336. The van der Waals surface area contributed by atoms with E-state index in [-0.39, 0.29) is 12.2 Å². The molecule has 0 aromatic carbocycles. The van der Waals surface area contributed by atoms with E-state index >= 15 is 0 Å².